The smallest absolute Gasteiger partial charge is 0.414 e. The van der Waals surface area contributed by atoms with Crippen molar-refractivity contribution in [3.63, 3.8) is 0 Å². The topological polar surface area (TPSA) is 56.1 Å². The van der Waals surface area contributed by atoms with Gasteiger partial charge in [-0.05, 0) is 30.3 Å². The van der Waals surface area contributed by atoms with Gasteiger partial charge in [-0.3, -0.25) is 9.78 Å². The SMILES string of the molecule is COc1ccc2cc(C(=O)NC(c3ccccn3)C(F)(F)F)n(C)c2c1. The Morgan fingerprint density at radius 1 is 1.23 bits per heavy atom. The predicted octanol–water partition coefficient (Wildman–Crippen LogP) is 3.62. The largest absolute Gasteiger partial charge is 0.497 e. The van der Waals surface area contributed by atoms with Crippen LogP contribution in [0.15, 0.2) is 48.7 Å². The van der Waals surface area contributed by atoms with Crippen molar-refractivity contribution >= 4 is 16.8 Å². The van der Waals surface area contributed by atoms with Crippen LogP contribution < -0.4 is 10.1 Å². The van der Waals surface area contributed by atoms with Gasteiger partial charge in [0, 0.05) is 24.7 Å². The van der Waals surface area contributed by atoms with E-state index in [1.165, 1.54) is 42.1 Å². The molecule has 2 heterocycles. The summed E-state index contributed by atoms with van der Waals surface area (Å²) in [7, 11) is 3.12. The standard InChI is InChI=1S/C18H16F3N3O2/c1-24-14-10-12(26-2)7-6-11(14)9-15(24)17(25)23-16(18(19,20)21)13-5-3-4-8-22-13/h3-10,16H,1-2H3,(H,23,25). The number of carbonyl (C=O) groups excluding carboxylic acids is 1. The molecule has 0 fully saturated rings. The van der Waals surface area contributed by atoms with E-state index >= 15 is 0 Å². The number of methoxy groups -OCH3 is 1. The lowest BCUT2D eigenvalue weighted by atomic mass is 10.1. The number of carbonyl (C=O) groups is 1. The molecular weight excluding hydrogens is 347 g/mol. The number of halogens is 3. The summed E-state index contributed by atoms with van der Waals surface area (Å²) in [6.45, 7) is 0. The predicted molar refractivity (Wildman–Crippen MR) is 90.0 cm³/mol. The van der Waals surface area contributed by atoms with Crippen molar-refractivity contribution in [2.45, 2.75) is 12.2 Å². The van der Waals surface area contributed by atoms with Crippen molar-refractivity contribution in [2.24, 2.45) is 7.05 Å². The number of hydrogen-bond acceptors (Lipinski definition) is 3. The molecule has 1 unspecified atom stereocenters. The lowest BCUT2D eigenvalue weighted by Crippen LogP contribution is -2.39. The van der Waals surface area contributed by atoms with Crippen molar-refractivity contribution in [1.29, 1.82) is 0 Å². The first-order valence-electron chi connectivity index (χ1n) is 7.73. The van der Waals surface area contributed by atoms with Crippen LogP contribution in [-0.4, -0.2) is 28.7 Å². The maximum Gasteiger partial charge on any atom is 0.414 e. The third-order valence-corrected chi connectivity index (χ3v) is 4.07. The van der Waals surface area contributed by atoms with E-state index in [-0.39, 0.29) is 11.4 Å². The first kappa shape index (κ1) is 17.8. The van der Waals surface area contributed by atoms with E-state index in [9.17, 15) is 18.0 Å². The molecule has 0 aliphatic rings. The summed E-state index contributed by atoms with van der Waals surface area (Å²) in [6.07, 6.45) is -3.42. The highest BCUT2D eigenvalue weighted by Gasteiger charge is 2.43. The molecule has 0 saturated heterocycles. The second kappa shape index (κ2) is 6.70. The maximum absolute atomic E-state index is 13.4. The van der Waals surface area contributed by atoms with E-state index in [2.05, 4.69) is 4.98 Å². The van der Waals surface area contributed by atoms with Crippen LogP contribution in [0.5, 0.6) is 5.75 Å². The highest BCUT2D eigenvalue weighted by Crippen LogP contribution is 2.32. The number of aromatic nitrogens is 2. The molecule has 26 heavy (non-hydrogen) atoms. The fourth-order valence-corrected chi connectivity index (χ4v) is 2.73. The van der Waals surface area contributed by atoms with Crippen LogP contribution in [0, 0.1) is 0 Å². The van der Waals surface area contributed by atoms with E-state index in [1.54, 1.807) is 25.2 Å². The van der Waals surface area contributed by atoms with E-state index in [4.69, 9.17) is 4.74 Å². The van der Waals surface area contributed by atoms with Crippen molar-refractivity contribution < 1.29 is 22.7 Å². The Morgan fingerprint density at radius 2 is 2.00 bits per heavy atom. The molecule has 0 bridgehead atoms. The Labute approximate surface area is 147 Å². The number of ether oxygens (including phenoxy) is 1. The quantitative estimate of drug-likeness (QED) is 0.770. The second-order valence-corrected chi connectivity index (χ2v) is 5.72. The van der Waals surface area contributed by atoms with Crippen LogP contribution in [0.2, 0.25) is 0 Å². The summed E-state index contributed by atoms with van der Waals surface area (Å²) in [5, 5.41) is 2.76. The molecule has 0 aliphatic heterocycles. The summed E-state index contributed by atoms with van der Waals surface area (Å²) >= 11 is 0. The number of nitrogens with zero attached hydrogens (tertiary/aromatic N) is 2. The molecule has 3 rings (SSSR count). The van der Waals surface area contributed by atoms with Crippen LogP contribution >= 0.6 is 0 Å². The van der Waals surface area contributed by atoms with Crippen molar-refractivity contribution in [3.8, 4) is 5.75 Å². The number of amides is 1. The first-order chi connectivity index (χ1) is 12.3. The van der Waals surface area contributed by atoms with Crippen LogP contribution in [-0.2, 0) is 7.05 Å². The minimum absolute atomic E-state index is 0.110. The fourth-order valence-electron chi connectivity index (χ4n) is 2.73. The average molecular weight is 363 g/mol. The summed E-state index contributed by atoms with van der Waals surface area (Å²) in [6, 6.07) is 8.70. The molecule has 1 aromatic carbocycles. The monoisotopic (exact) mass is 363 g/mol. The summed E-state index contributed by atoms with van der Waals surface area (Å²) < 4.78 is 46.9. The molecule has 1 N–H and O–H groups in total. The summed E-state index contributed by atoms with van der Waals surface area (Å²) in [4.78, 5) is 16.3. The highest BCUT2D eigenvalue weighted by molar-refractivity contribution is 5.99. The maximum atomic E-state index is 13.4. The van der Waals surface area contributed by atoms with Gasteiger partial charge >= 0.3 is 6.18 Å². The molecule has 0 radical (unpaired) electrons. The lowest BCUT2D eigenvalue weighted by Gasteiger charge is -2.21. The molecule has 0 aliphatic carbocycles. The van der Waals surface area contributed by atoms with Gasteiger partial charge in [0.2, 0.25) is 0 Å². The van der Waals surface area contributed by atoms with Gasteiger partial charge in [-0.15, -0.1) is 0 Å². The number of benzene rings is 1. The molecule has 3 aromatic rings. The van der Waals surface area contributed by atoms with E-state index in [1.807, 2.05) is 5.32 Å². The Bertz CT molecular complexity index is 936. The first-order valence-corrected chi connectivity index (χ1v) is 7.73. The molecular formula is C18H16F3N3O2. The van der Waals surface area contributed by atoms with Gasteiger partial charge in [-0.1, -0.05) is 6.07 Å². The number of pyridine rings is 1. The molecule has 2 aromatic heterocycles. The van der Waals surface area contributed by atoms with Crippen LogP contribution in [0.25, 0.3) is 10.9 Å². The minimum Gasteiger partial charge on any atom is -0.497 e. The number of hydrogen-bond donors (Lipinski definition) is 1. The number of alkyl halides is 3. The summed E-state index contributed by atoms with van der Waals surface area (Å²) in [5.41, 5.74) is 0.517. The third kappa shape index (κ3) is 3.35. The minimum atomic E-state index is -4.67. The zero-order valence-corrected chi connectivity index (χ0v) is 14.0. The van der Waals surface area contributed by atoms with Gasteiger partial charge in [0.15, 0.2) is 6.04 Å². The molecule has 8 heteroatoms. The lowest BCUT2D eigenvalue weighted by molar-refractivity contribution is -0.156. The zero-order valence-electron chi connectivity index (χ0n) is 14.0. The van der Waals surface area contributed by atoms with Gasteiger partial charge in [-0.25, -0.2) is 0 Å². The molecule has 5 nitrogen and oxygen atoms in total. The van der Waals surface area contributed by atoms with Crippen molar-refractivity contribution in [3.05, 3.63) is 60.0 Å². The Kier molecular flexibility index (Phi) is 4.58. The van der Waals surface area contributed by atoms with E-state index in [0.29, 0.717) is 11.3 Å². The Hall–Kier alpha value is -3.03. The molecule has 136 valence electrons. The second-order valence-electron chi connectivity index (χ2n) is 5.72. The fraction of sp³-hybridized carbons (Fsp3) is 0.222. The normalized spacial score (nSPS) is 12.8. The Balaban J connectivity index is 1.95. The zero-order chi connectivity index (χ0) is 18.9. The Morgan fingerprint density at radius 3 is 2.62 bits per heavy atom. The number of nitrogens with one attached hydrogen (secondary N) is 1. The average Bonchev–Trinajstić information content (AvgIpc) is 2.95. The summed E-state index contributed by atoms with van der Waals surface area (Å²) in [5.74, 6) is -0.247. The number of rotatable bonds is 4. The van der Waals surface area contributed by atoms with E-state index < -0.39 is 18.1 Å². The third-order valence-electron chi connectivity index (χ3n) is 4.07. The van der Waals surface area contributed by atoms with Crippen molar-refractivity contribution in [1.82, 2.24) is 14.9 Å². The molecule has 0 spiro atoms. The van der Waals surface area contributed by atoms with Gasteiger partial charge in [0.25, 0.3) is 5.91 Å². The molecule has 1 amide bonds. The van der Waals surface area contributed by atoms with Crippen LogP contribution in [0.1, 0.15) is 22.2 Å². The number of fused-ring (bicyclic) bond motifs is 1. The molecule has 1 atom stereocenters. The van der Waals surface area contributed by atoms with Gasteiger partial charge < -0.3 is 14.6 Å². The van der Waals surface area contributed by atoms with Gasteiger partial charge in [-0.2, -0.15) is 13.2 Å². The van der Waals surface area contributed by atoms with Crippen molar-refractivity contribution in [2.75, 3.05) is 7.11 Å². The van der Waals surface area contributed by atoms with Gasteiger partial charge in [0.05, 0.1) is 18.3 Å². The van der Waals surface area contributed by atoms with E-state index in [0.717, 1.165) is 5.39 Å². The van der Waals surface area contributed by atoms with Crippen LogP contribution in [0.3, 0.4) is 0 Å². The van der Waals surface area contributed by atoms with Crippen LogP contribution in [0.4, 0.5) is 13.2 Å². The van der Waals surface area contributed by atoms with Gasteiger partial charge in [0.1, 0.15) is 11.4 Å². The number of aryl methyl sites for hydroxylation is 1. The molecule has 0 saturated carbocycles. The highest BCUT2D eigenvalue weighted by atomic mass is 19.4.